The molecule has 23 heavy (non-hydrogen) atoms. The first-order valence-electron chi connectivity index (χ1n) is 8.09. The Labute approximate surface area is 144 Å². The van der Waals surface area contributed by atoms with E-state index in [1.165, 1.54) is 0 Å². The summed E-state index contributed by atoms with van der Waals surface area (Å²) in [6.45, 7) is 7.59. The number of aliphatic hydroxyl groups excluding tert-OH is 1. The first-order valence-corrected chi connectivity index (χ1v) is 9.07. The van der Waals surface area contributed by atoms with Crippen molar-refractivity contribution >= 4 is 17.7 Å². The van der Waals surface area contributed by atoms with Crippen molar-refractivity contribution in [1.29, 1.82) is 0 Å². The summed E-state index contributed by atoms with van der Waals surface area (Å²) in [5.74, 6) is -0.446. The average Bonchev–Trinajstić information content (AvgIpc) is 2.47. The van der Waals surface area contributed by atoms with Crippen LogP contribution in [-0.4, -0.2) is 28.5 Å². The van der Waals surface area contributed by atoms with Gasteiger partial charge in [-0.1, -0.05) is 43.7 Å². The van der Waals surface area contributed by atoms with Gasteiger partial charge in [0.1, 0.15) is 5.60 Å². The highest BCUT2D eigenvalue weighted by Crippen LogP contribution is 2.24. The number of hydrogen-bond acceptors (Lipinski definition) is 4. The van der Waals surface area contributed by atoms with Crippen molar-refractivity contribution in [2.75, 3.05) is 5.75 Å². The summed E-state index contributed by atoms with van der Waals surface area (Å²) in [5, 5.41) is 10.4. The molecule has 1 aromatic carbocycles. The number of benzene rings is 1. The molecule has 0 aromatic heterocycles. The Bertz CT molecular complexity index is 491. The molecule has 0 aliphatic rings. The molecule has 0 unspecified atom stereocenters. The van der Waals surface area contributed by atoms with Crippen molar-refractivity contribution in [2.24, 2.45) is 5.92 Å². The van der Waals surface area contributed by atoms with Crippen LogP contribution in [0.15, 0.2) is 47.4 Å². The number of esters is 1. The monoisotopic (exact) mass is 336 g/mol. The molecule has 1 N–H and O–H groups in total. The zero-order chi connectivity index (χ0) is 17.3. The van der Waals surface area contributed by atoms with E-state index in [2.05, 4.69) is 6.92 Å². The van der Waals surface area contributed by atoms with Crippen LogP contribution in [0, 0.1) is 5.92 Å². The van der Waals surface area contributed by atoms with Gasteiger partial charge in [0.2, 0.25) is 0 Å². The molecule has 3 nitrogen and oxygen atoms in total. The van der Waals surface area contributed by atoms with E-state index in [0.717, 1.165) is 17.7 Å². The lowest BCUT2D eigenvalue weighted by Gasteiger charge is -2.25. The zero-order valence-corrected chi connectivity index (χ0v) is 15.3. The van der Waals surface area contributed by atoms with Crippen LogP contribution in [0.1, 0.15) is 40.5 Å². The Hall–Kier alpha value is -1.26. The minimum atomic E-state index is -0.826. The number of ether oxygens (including phenoxy) is 1. The molecule has 4 heteroatoms. The largest absolute Gasteiger partial charge is 0.460 e. The average molecular weight is 336 g/mol. The van der Waals surface area contributed by atoms with Crippen LogP contribution < -0.4 is 0 Å². The fourth-order valence-electron chi connectivity index (χ4n) is 1.92. The maximum absolute atomic E-state index is 12.4. The Morgan fingerprint density at radius 3 is 2.52 bits per heavy atom. The van der Waals surface area contributed by atoms with E-state index in [0.29, 0.717) is 5.75 Å². The third kappa shape index (κ3) is 8.24. The summed E-state index contributed by atoms with van der Waals surface area (Å²) >= 11 is 1.56. The molecular weight excluding hydrogens is 308 g/mol. The van der Waals surface area contributed by atoms with E-state index in [-0.39, 0.29) is 5.97 Å². The van der Waals surface area contributed by atoms with Gasteiger partial charge < -0.3 is 9.84 Å². The van der Waals surface area contributed by atoms with Gasteiger partial charge in [0.15, 0.2) is 0 Å². The van der Waals surface area contributed by atoms with Crippen LogP contribution in [0.4, 0.5) is 0 Å². The SMILES string of the molecule is CCC/C=C/[C@@H](O)[C@H](CSc1ccccc1)C(=O)OC(C)(C)C. The van der Waals surface area contributed by atoms with E-state index >= 15 is 0 Å². The van der Waals surface area contributed by atoms with Crippen molar-refractivity contribution in [2.45, 2.75) is 57.1 Å². The quantitative estimate of drug-likeness (QED) is 0.433. The van der Waals surface area contributed by atoms with Crippen LogP contribution >= 0.6 is 11.8 Å². The van der Waals surface area contributed by atoms with Crippen LogP contribution in [0.3, 0.4) is 0 Å². The van der Waals surface area contributed by atoms with Gasteiger partial charge in [0, 0.05) is 10.6 Å². The Balaban J connectivity index is 2.76. The second-order valence-electron chi connectivity index (χ2n) is 6.47. The van der Waals surface area contributed by atoms with Crippen LogP contribution in [0.5, 0.6) is 0 Å². The summed E-state index contributed by atoms with van der Waals surface area (Å²) in [6.07, 6.45) is 4.72. The second kappa shape index (κ2) is 9.78. The lowest BCUT2D eigenvalue weighted by molar-refractivity contribution is -0.161. The van der Waals surface area contributed by atoms with Gasteiger partial charge in [-0.25, -0.2) is 0 Å². The first kappa shape index (κ1) is 19.8. The molecule has 1 rings (SSSR count). The molecule has 128 valence electrons. The number of rotatable bonds is 8. The lowest BCUT2D eigenvalue weighted by Crippen LogP contribution is -2.35. The topological polar surface area (TPSA) is 46.5 Å². The van der Waals surface area contributed by atoms with E-state index < -0.39 is 17.6 Å². The standard InChI is InChI=1S/C19H28O3S/c1-5-6-8-13-17(20)16(18(21)22-19(2,3)4)14-23-15-11-9-7-10-12-15/h7-13,16-17,20H,5-6,14H2,1-4H3/b13-8+/t16-,17+/m0/s1. The predicted octanol–water partition coefficient (Wildman–Crippen LogP) is 4.45. The number of carbonyl (C=O) groups excluding carboxylic acids is 1. The van der Waals surface area contributed by atoms with E-state index in [1.54, 1.807) is 17.8 Å². The zero-order valence-electron chi connectivity index (χ0n) is 14.5. The van der Waals surface area contributed by atoms with Crippen molar-refractivity contribution in [1.82, 2.24) is 0 Å². The van der Waals surface area contributed by atoms with Crippen LogP contribution in [0.2, 0.25) is 0 Å². The van der Waals surface area contributed by atoms with Crippen LogP contribution in [-0.2, 0) is 9.53 Å². The minimum absolute atomic E-state index is 0.352. The maximum atomic E-state index is 12.4. The van der Waals surface area contributed by atoms with E-state index in [4.69, 9.17) is 4.74 Å². The molecule has 2 atom stereocenters. The van der Waals surface area contributed by atoms with Gasteiger partial charge in [-0.05, 0) is 39.3 Å². The lowest BCUT2D eigenvalue weighted by atomic mass is 10.0. The fraction of sp³-hybridized carbons (Fsp3) is 0.526. The number of unbranched alkanes of at least 4 members (excludes halogenated alkanes) is 1. The highest BCUT2D eigenvalue weighted by molar-refractivity contribution is 7.99. The Morgan fingerprint density at radius 2 is 1.96 bits per heavy atom. The third-order valence-electron chi connectivity index (χ3n) is 3.08. The molecule has 0 radical (unpaired) electrons. The van der Waals surface area contributed by atoms with Gasteiger partial charge in [0.05, 0.1) is 12.0 Å². The molecule has 0 aliphatic carbocycles. The van der Waals surface area contributed by atoms with Crippen LogP contribution in [0.25, 0.3) is 0 Å². The predicted molar refractivity (Wildman–Crippen MR) is 96.6 cm³/mol. The molecule has 0 aliphatic heterocycles. The fourth-order valence-corrected chi connectivity index (χ4v) is 2.98. The van der Waals surface area contributed by atoms with E-state index in [9.17, 15) is 9.90 Å². The van der Waals surface area contributed by atoms with Crippen molar-refractivity contribution in [3.63, 3.8) is 0 Å². The molecule has 0 fully saturated rings. The van der Waals surface area contributed by atoms with Gasteiger partial charge >= 0.3 is 5.97 Å². The van der Waals surface area contributed by atoms with Crippen molar-refractivity contribution in [3.05, 3.63) is 42.5 Å². The number of thioether (sulfide) groups is 1. The van der Waals surface area contributed by atoms with Gasteiger partial charge in [0.25, 0.3) is 0 Å². The molecule has 0 amide bonds. The summed E-state index contributed by atoms with van der Waals surface area (Å²) in [5.41, 5.74) is -0.556. The van der Waals surface area contributed by atoms with Crippen molar-refractivity contribution in [3.8, 4) is 0 Å². The van der Waals surface area contributed by atoms with E-state index in [1.807, 2.05) is 57.2 Å². The Morgan fingerprint density at radius 1 is 1.30 bits per heavy atom. The molecular formula is C19H28O3S. The second-order valence-corrected chi connectivity index (χ2v) is 7.56. The van der Waals surface area contributed by atoms with Gasteiger partial charge in [-0.15, -0.1) is 11.8 Å². The Kier molecular flexibility index (Phi) is 8.42. The molecule has 1 aromatic rings. The molecule has 0 bridgehead atoms. The summed E-state index contributed by atoms with van der Waals surface area (Å²) in [7, 11) is 0. The van der Waals surface area contributed by atoms with Crippen molar-refractivity contribution < 1.29 is 14.6 Å². The van der Waals surface area contributed by atoms with Gasteiger partial charge in [-0.3, -0.25) is 4.79 Å². The normalized spacial score (nSPS) is 14.7. The highest BCUT2D eigenvalue weighted by atomic mass is 32.2. The highest BCUT2D eigenvalue weighted by Gasteiger charge is 2.30. The number of allylic oxidation sites excluding steroid dienone is 1. The molecule has 0 saturated heterocycles. The number of carbonyl (C=O) groups is 1. The molecule has 0 heterocycles. The minimum Gasteiger partial charge on any atom is -0.460 e. The first-order chi connectivity index (χ1) is 10.8. The number of hydrogen-bond donors (Lipinski definition) is 1. The third-order valence-corrected chi connectivity index (χ3v) is 4.21. The molecule has 0 saturated carbocycles. The smallest absolute Gasteiger partial charge is 0.313 e. The summed E-state index contributed by atoms with van der Waals surface area (Å²) in [4.78, 5) is 13.5. The summed E-state index contributed by atoms with van der Waals surface area (Å²) < 4.78 is 5.47. The summed E-state index contributed by atoms with van der Waals surface area (Å²) in [6, 6.07) is 9.87. The molecule has 0 spiro atoms. The number of aliphatic hydroxyl groups is 1. The van der Waals surface area contributed by atoms with Gasteiger partial charge in [-0.2, -0.15) is 0 Å². The maximum Gasteiger partial charge on any atom is 0.313 e.